The normalized spacial score (nSPS) is 12.2. The number of rotatable bonds is 3. The minimum absolute atomic E-state index is 0.295. The van der Waals surface area contributed by atoms with Gasteiger partial charge < -0.3 is 10.1 Å². The molecule has 1 unspecified atom stereocenters. The molecule has 0 aliphatic heterocycles. The second-order valence-electron chi connectivity index (χ2n) is 2.38. The maximum absolute atomic E-state index is 10.9. The first kappa shape index (κ1) is 8.58. The lowest BCUT2D eigenvalue weighted by Gasteiger charge is -2.09. The third-order valence-electron chi connectivity index (χ3n) is 1.44. The lowest BCUT2D eigenvalue weighted by molar-refractivity contribution is -0.141. The molecular weight excluding hydrogens is 158 g/mol. The quantitative estimate of drug-likeness (QED) is 0.642. The van der Waals surface area contributed by atoms with Gasteiger partial charge in [0.15, 0.2) is 0 Å². The third-order valence-corrected chi connectivity index (χ3v) is 1.44. The fourth-order valence-electron chi connectivity index (χ4n) is 0.816. The Labute approximate surface area is 70.1 Å². The van der Waals surface area contributed by atoms with Crippen molar-refractivity contribution >= 4 is 11.7 Å². The Morgan fingerprint density at radius 2 is 2.58 bits per heavy atom. The van der Waals surface area contributed by atoms with Crippen molar-refractivity contribution in [3.8, 4) is 0 Å². The molecule has 1 aromatic rings. The largest absolute Gasteiger partial charge is 0.467 e. The minimum Gasteiger partial charge on any atom is -0.467 e. The molecule has 0 spiro atoms. The number of carbonyl (C=O) groups excluding carboxylic acids is 1. The van der Waals surface area contributed by atoms with Crippen LogP contribution in [0.2, 0.25) is 0 Å². The van der Waals surface area contributed by atoms with Gasteiger partial charge in [0, 0.05) is 6.20 Å². The predicted octanol–water partition coefficient (Wildman–Crippen LogP) is 0.383. The third kappa shape index (κ3) is 1.98. The molecule has 0 saturated heterocycles. The van der Waals surface area contributed by atoms with Gasteiger partial charge in [0.2, 0.25) is 0 Å². The first-order chi connectivity index (χ1) is 5.74. The van der Waals surface area contributed by atoms with Gasteiger partial charge in [-0.25, -0.2) is 4.79 Å². The summed E-state index contributed by atoms with van der Waals surface area (Å²) in [7, 11) is 1.36. The Morgan fingerprint density at radius 1 is 1.83 bits per heavy atom. The average Bonchev–Trinajstić information content (AvgIpc) is 2.55. The van der Waals surface area contributed by atoms with Crippen LogP contribution in [0.15, 0.2) is 12.4 Å². The van der Waals surface area contributed by atoms with E-state index in [0.717, 1.165) is 5.69 Å². The van der Waals surface area contributed by atoms with E-state index in [2.05, 4.69) is 20.3 Å². The molecule has 0 radical (unpaired) electrons. The Kier molecular flexibility index (Phi) is 2.68. The lowest BCUT2D eigenvalue weighted by atomic mass is 10.3. The Bertz CT molecular complexity index is 245. The van der Waals surface area contributed by atoms with E-state index in [1.807, 2.05) is 0 Å². The molecule has 0 bridgehead atoms. The number of hydrogen-bond acceptors (Lipinski definition) is 4. The molecule has 0 amide bonds. The fourth-order valence-corrected chi connectivity index (χ4v) is 0.816. The molecular formula is C7H11N3O2. The van der Waals surface area contributed by atoms with E-state index in [9.17, 15) is 4.79 Å². The zero-order chi connectivity index (χ0) is 8.97. The summed E-state index contributed by atoms with van der Waals surface area (Å²) in [5.74, 6) is -0.295. The van der Waals surface area contributed by atoms with Gasteiger partial charge in [0.25, 0.3) is 0 Å². The summed E-state index contributed by atoms with van der Waals surface area (Å²) < 4.78 is 4.53. The van der Waals surface area contributed by atoms with Crippen molar-refractivity contribution in [1.29, 1.82) is 0 Å². The van der Waals surface area contributed by atoms with Crippen molar-refractivity contribution in [3.05, 3.63) is 12.4 Å². The highest BCUT2D eigenvalue weighted by Gasteiger charge is 2.12. The lowest BCUT2D eigenvalue weighted by Crippen LogP contribution is -2.26. The summed E-state index contributed by atoms with van der Waals surface area (Å²) in [5, 5.41) is 9.25. The van der Waals surface area contributed by atoms with Crippen LogP contribution in [-0.2, 0) is 9.53 Å². The smallest absolute Gasteiger partial charge is 0.327 e. The molecule has 12 heavy (non-hydrogen) atoms. The molecule has 0 aliphatic rings. The first-order valence-electron chi connectivity index (χ1n) is 3.57. The highest BCUT2D eigenvalue weighted by molar-refractivity contribution is 5.78. The summed E-state index contributed by atoms with van der Waals surface area (Å²) in [6, 6.07) is -0.354. The SMILES string of the molecule is COC(=O)C(C)Nc1cn[nH]c1. The van der Waals surface area contributed by atoms with Crippen LogP contribution in [0.4, 0.5) is 5.69 Å². The van der Waals surface area contributed by atoms with Gasteiger partial charge in [-0.2, -0.15) is 5.10 Å². The van der Waals surface area contributed by atoms with Crippen molar-refractivity contribution < 1.29 is 9.53 Å². The van der Waals surface area contributed by atoms with Gasteiger partial charge in [-0.05, 0) is 6.92 Å². The highest BCUT2D eigenvalue weighted by atomic mass is 16.5. The molecule has 0 saturated carbocycles. The molecule has 0 fully saturated rings. The molecule has 5 nitrogen and oxygen atoms in total. The molecule has 1 heterocycles. The van der Waals surface area contributed by atoms with Crippen molar-refractivity contribution in [3.63, 3.8) is 0 Å². The topological polar surface area (TPSA) is 67.0 Å². The zero-order valence-corrected chi connectivity index (χ0v) is 7.00. The average molecular weight is 169 g/mol. The Balaban J connectivity index is 2.47. The number of hydrogen-bond donors (Lipinski definition) is 2. The fraction of sp³-hybridized carbons (Fsp3) is 0.429. The number of nitrogens with zero attached hydrogens (tertiary/aromatic N) is 1. The summed E-state index contributed by atoms with van der Waals surface area (Å²) in [6.07, 6.45) is 3.26. The van der Waals surface area contributed by atoms with Crippen molar-refractivity contribution in [2.45, 2.75) is 13.0 Å². The molecule has 5 heteroatoms. The van der Waals surface area contributed by atoms with Crippen LogP contribution in [0.1, 0.15) is 6.92 Å². The van der Waals surface area contributed by atoms with E-state index >= 15 is 0 Å². The Hall–Kier alpha value is -1.52. The Morgan fingerprint density at radius 3 is 3.08 bits per heavy atom. The number of carbonyl (C=O) groups is 1. The van der Waals surface area contributed by atoms with Crippen molar-refractivity contribution in [2.75, 3.05) is 12.4 Å². The van der Waals surface area contributed by atoms with E-state index in [4.69, 9.17) is 0 Å². The van der Waals surface area contributed by atoms with Crippen LogP contribution in [0.3, 0.4) is 0 Å². The summed E-state index contributed by atoms with van der Waals surface area (Å²) in [6.45, 7) is 1.72. The number of aromatic nitrogens is 2. The number of aromatic amines is 1. The van der Waals surface area contributed by atoms with Gasteiger partial charge in [0.05, 0.1) is 19.0 Å². The van der Waals surface area contributed by atoms with E-state index in [0.29, 0.717) is 0 Å². The molecule has 0 aromatic carbocycles. The van der Waals surface area contributed by atoms with Gasteiger partial charge in [-0.1, -0.05) is 0 Å². The van der Waals surface area contributed by atoms with Crippen LogP contribution in [-0.4, -0.2) is 29.3 Å². The molecule has 1 rings (SSSR count). The van der Waals surface area contributed by atoms with E-state index in [1.165, 1.54) is 7.11 Å². The number of esters is 1. The summed E-state index contributed by atoms with van der Waals surface area (Å²) in [4.78, 5) is 10.9. The van der Waals surface area contributed by atoms with Crippen LogP contribution >= 0.6 is 0 Å². The predicted molar refractivity (Wildman–Crippen MR) is 43.7 cm³/mol. The summed E-state index contributed by atoms with van der Waals surface area (Å²) >= 11 is 0. The second kappa shape index (κ2) is 3.75. The van der Waals surface area contributed by atoms with E-state index < -0.39 is 0 Å². The van der Waals surface area contributed by atoms with Crippen molar-refractivity contribution in [1.82, 2.24) is 10.2 Å². The molecule has 1 atom stereocenters. The van der Waals surface area contributed by atoms with Gasteiger partial charge in [0.1, 0.15) is 6.04 Å². The van der Waals surface area contributed by atoms with Crippen LogP contribution in [0.25, 0.3) is 0 Å². The van der Waals surface area contributed by atoms with E-state index in [-0.39, 0.29) is 12.0 Å². The monoisotopic (exact) mass is 169 g/mol. The van der Waals surface area contributed by atoms with Crippen LogP contribution < -0.4 is 5.32 Å². The molecule has 0 aliphatic carbocycles. The number of ether oxygens (including phenoxy) is 1. The second-order valence-corrected chi connectivity index (χ2v) is 2.38. The number of H-pyrrole nitrogens is 1. The van der Waals surface area contributed by atoms with Gasteiger partial charge >= 0.3 is 5.97 Å². The first-order valence-corrected chi connectivity index (χ1v) is 3.57. The zero-order valence-electron chi connectivity index (χ0n) is 7.00. The van der Waals surface area contributed by atoms with Crippen molar-refractivity contribution in [2.24, 2.45) is 0 Å². The molecule has 1 aromatic heterocycles. The minimum atomic E-state index is -0.354. The highest BCUT2D eigenvalue weighted by Crippen LogP contribution is 2.03. The maximum atomic E-state index is 10.9. The number of nitrogens with one attached hydrogen (secondary N) is 2. The maximum Gasteiger partial charge on any atom is 0.327 e. The standard InChI is InChI=1S/C7H11N3O2/c1-5(7(11)12-2)10-6-3-8-9-4-6/h3-5,10H,1-2H3,(H,8,9). The van der Waals surface area contributed by atoms with Crippen LogP contribution in [0.5, 0.6) is 0 Å². The van der Waals surface area contributed by atoms with E-state index in [1.54, 1.807) is 19.3 Å². The van der Waals surface area contributed by atoms with Crippen LogP contribution in [0, 0.1) is 0 Å². The van der Waals surface area contributed by atoms with Gasteiger partial charge in [-0.15, -0.1) is 0 Å². The molecule has 2 N–H and O–H groups in total. The summed E-state index contributed by atoms with van der Waals surface area (Å²) in [5.41, 5.74) is 0.771. The molecule has 66 valence electrons. The number of methoxy groups -OCH3 is 1. The number of anilines is 1. The van der Waals surface area contributed by atoms with Gasteiger partial charge in [-0.3, -0.25) is 5.10 Å².